The maximum Gasteiger partial charge on any atom is 0.240 e. The van der Waals surface area contributed by atoms with Crippen LogP contribution in [0.25, 0.3) is 0 Å². The summed E-state index contributed by atoms with van der Waals surface area (Å²) in [4.78, 5) is 23.6. The molecule has 124 valence electrons. The van der Waals surface area contributed by atoms with Crippen molar-refractivity contribution in [2.45, 2.75) is 19.8 Å². The Hall–Kier alpha value is -2.66. The molecule has 5 nitrogen and oxygen atoms in total. The van der Waals surface area contributed by atoms with E-state index in [1.807, 2.05) is 37.3 Å². The summed E-state index contributed by atoms with van der Waals surface area (Å²) in [6.07, 6.45) is 1.67. The summed E-state index contributed by atoms with van der Waals surface area (Å²) in [6, 6.07) is 14.7. The summed E-state index contributed by atoms with van der Waals surface area (Å²) in [5.74, 6) is -0.567. The van der Waals surface area contributed by atoms with E-state index in [4.69, 9.17) is 11.6 Å². The molecule has 0 atom stereocenters. The number of halogens is 1. The molecule has 0 heterocycles. The topological polar surface area (TPSA) is 70.6 Å². The normalized spacial score (nSPS) is 10.6. The lowest BCUT2D eigenvalue weighted by Gasteiger charge is -2.09. The lowest BCUT2D eigenvalue weighted by molar-refractivity contribution is -0.124. The predicted octanol–water partition coefficient (Wildman–Crippen LogP) is 3.52. The van der Waals surface area contributed by atoms with Crippen LogP contribution in [0.5, 0.6) is 0 Å². The van der Waals surface area contributed by atoms with E-state index in [0.29, 0.717) is 10.7 Å². The zero-order valence-electron chi connectivity index (χ0n) is 13.3. The van der Waals surface area contributed by atoms with Crippen LogP contribution >= 0.6 is 11.6 Å². The maximum absolute atomic E-state index is 11.9. The molecule has 0 saturated carbocycles. The molecule has 0 spiro atoms. The third-order valence-corrected chi connectivity index (χ3v) is 3.73. The van der Waals surface area contributed by atoms with E-state index < -0.39 is 0 Å². The third-order valence-electron chi connectivity index (χ3n) is 3.32. The van der Waals surface area contributed by atoms with Gasteiger partial charge in [-0.1, -0.05) is 48.0 Å². The predicted molar refractivity (Wildman–Crippen MR) is 96.2 cm³/mol. The van der Waals surface area contributed by atoms with Gasteiger partial charge in [-0.05, 0) is 30.2 Å². The van der Waals surface area contributed by atoms with Gasteiger partial charge in [0.2, 0.25) is 11.8 Å². The average Bonchev–Trinajstić information content (AvgIpc) is 2.58. The van der Waals surface area contributed by atoms with Gasteiger partial charge in [-0.15, -0.1) is 0 Å². The Kier molecular flexibility index (Phi) is 6.51. The van der Waals surface area contributed by atoms with Crippen molar-refractivity contribution in [3.63, 3.8) is 0 Å². The van der Waals surface area contributed by atoms with E-state index in [1.165, 1.54) is 0 Å². The first-order chi connectivity index (χ1) is 11.6. The van der Waals surface area contributed by atoms with Gasteiger partial charge in [-0.25, -0.2) is 5.43 Å². The third kappa shape index (κ3) is 5.52. The first-order valence-electron chi connectivity index (χ1n) is 7.48. The van der Waals surface area contributed by atoms with E-state index in [-0.39, 0.29) is 24.7 Å². The number of nitrogens with zero attached hydrogens (tertiary/aromatic N) is 1. The molecule has 0 radical (unpaired) electrons. The van der Waals surface area contributed by atoms with Crippen LogP contribution in [0.15, 0.2) is 53.6 Å². The Labute approximate surface area is 145 Å². The summed E-state index contributed by atoms with van der Waals surface area (Å²) < 4.78 is 0. The van der Waals surface area contributed by atoms with Gasteiger partial charge in [0.1, 0.15) is 0 Å². The number of hydrogen-bond donors (Lipinski definition) is 2. The molecule has 2 aromatic carbocycles. The second-order valence-corrected chi connectivity index (χ2v) is 5.57. The number of nitrogens with one attached hydrogen (secondary N) is 2. The molecule has 0 aromatic heterocycles. The number of amides is 2. The van der Waals surface area contributed by atoms with Crippen LogP contribution in [-0.4, -0.2) is 18.0 Å². The molecule has 0 fully saturated rings. The molecule has 0 aliphatic heterocycles. The fourth-order valence-electron chi connectivity index (χ4n) is 1.96. The van der Waals surface area contributed by atoms with Gasteiger partial charge in [-0.3, -0.25) is 9.59 Å². The Balaban J connectivity index is 1.76. The van der Waals surface area contributed by atoms with Gasteiger partial charge in [0, 0.05) is 23.6 Å². The van der Waals surface area contributed by atoms with Crippen molar-refractivity contribution >= 4 is 35.3 Å². The number of hydrazone groups is 1. The van der Waals surface area contributed by atoms with Gasteiger partial charge in [0.15, 0.2) is 0 Å². The minimum absolute atomic E-state index is 0.0532. The van der Waals surface area contributed by atoms with E-state index >= 15 is 0 Å². The van der Waals surface area contributed by atoms with Gasteiger partial charge < -0.3 is 5.32 Å². The number of hydrogen-bond acceptors (Lipinski definition) is 3. The SMILES string of the molecule is Cc1c(Cl)cccc1NC(=O)CCC(=O)N/N=C\c1ccccc1. The zero-order valence-corrected chi connectivity index (χ0v) is 14.0. The molecular formula is C18H18ClN3O2. The van der Waals surface area contributed by atoms with E-state index in [9.17, 15) is 9.59 Å². The van der Waals surface area contributed by atoms with E-state index in [0.717, 1.165) is 11.1 Å². The highest BCUT2D eigenvalue weighted by atomic mass is 35.5. The second kappa shape index (κ2) is 8.84. The number of benzene rings is 2. The second-order valence-electron chi connectivity index (χ2n) is 5.16. The fraction of sp³-hybridized carbons (Fsp3) is 0.167. The van der Waals surface area contributed by atoms with Crippen molar-refractivity contribution in [1.82, 2.24) is 5.43 Å². The quantitative estimate of drug-likeness (QED) is 0.622. The average molecular weight is 344 g/mol. The monoisotopic (exact) mass is 343 g/mol. The van der Waals surface area contributed by atoms with Gasteiger partial charge in [-0.2, -0.15) is 5.10 Å². The summed E-state index contributed by atoms with van der Waals surface area (Å²) in [5, 5.41) is 7.19. The highest BCUT2D eigenvalue weighted by Gasteiger charge is 2.09. The van der Waals surface area contributed by atoms with Crippen LogP contribution in [0.4, 0.5) is 5.69 Å². The Morgan fingerprint density at radius 1 is 1.04 bits per heavy atom. The molecule has 0 aliphatic carbocycles. The molecule has 0 saturated heterocycles. The summed E-state index contributed by atoms with van der Waals surface area (Å²) in [7, 11) is 0. The van der Waals surface area contributed by atoms with Crippen LogP contribution in [-0.2, 0) is 9.59 Å². The summed E-state index contributed by atoms with van der Waals surface area (Å²) in [5.41, 5.74) is 4.73. The Morgan fingerprint density at radius 2 is 1.75 bits per heavy atom. The number of rotatable bonds is 6. The molecule has 2 aromatic rings. The molecule has 24 heavy (non-hydrogen) atoms. The van der Waals surface area contributed by atoms with E-state index in [1.54, 1.807) is 24.4 Å². The standard InChI is InChI=1S/C18H18ClN3O2/c1-13-15(19)8-5-9-16(13)21-17(23)10-11-18(24)22-20-12-14-6-3-2-4-7-14/h2-9,12H,10-11H2,1H3,(H,21,23)(H,22,24)/b20-12-. The summed E-state index contributed by atoms with van der Waals surface area (Å²) in [6.45, 7) is 1.82. The van der Waals surface area contributed by atoms with Gasteiger partial charge in [0.25, 0.3) is 0 Å². The molecule has 2 amide bonds. The highest BCUT2D eigenvalue weighted by molar-refractivity contribution is 6.31. The number of carbonyl (C=O) groups is 2. The molecular weight excluding hydrogens is 326 g/mol. The first-order valence-corrected chi connectivity index (χ1v) is 7.86. The maximum atomic E-state index is 11.9. The van der Waals surface area contributed by atoms with Gasteiger partial charge in [0.05, 0.1) is 6.21 Å². The van der Waals surface area contributed by atoms with Crippen molar-refractivity contribution in [2.75, 3.05) is 5.32 Å². The van der Waals surface area contributed by atoms with Gasteiger partial charge >= 0.3 is 0 Å². The van der Waals surface area contributed by atoms with Crippen LogP contribution < -0.4 is 10.7 Å². The lowest BCUT2D eigenvalue weighted by atomic mass is 10.2. The Bertz CT molecular complexity index is 745. The van der Waals surface area contributed by atoms with Crippen molar-refractivity contribution in [2.24, 2.45) is 5.10 Å². The zero-order chi connectivity index (χ0) is 17.4. The lowest BCUT2D eigenvalue weighted by Crippen LogP contribution is -2.20. The molecule has 0 aliphatic rings. The summed E-state index contributed by atoms with van der Waals surface area (Å²) >= 11 is 6.00. The highest BCUT2D eigenvalue weighted by Crippen LogP contribution is 2.23. The largest absolute Gasteiger partial charge is 0.326 e. The molecule has 6 heteroatoms. The van der Waals surface area contributed by atoms with Crippen LogP contribution in [0.1, 0.15) is 24.0 Å². The van der Waals surface area contributed by atoms with Crippen LogP contribution in [0.3, 0.4) is 0 Å². The van der Waals surface area contributed by atoms with E-state index in [2.05, 4.69) is 15.8 Å². The number of anilines is 1. The van der Waals surface area contributed by atoms with Crippen molar-refractivity contribution in [3.8, 4) is 0 Å². The molecule has 2 rings (SSSR count). The van der Waals surface area contributed by atoms with Crippen LogP contribution in [0, 0.1) is 6.92 Å². The fourth-order valence-corrected chi connectivity index (χ4v) is 2.13. The minimum Gasteiger partial charge on any atom is -0.326 e. The molecule has 0 unspecified atom stereocenters. The smallest absolute Gasteiger partial charge is 0.240 e. The van der Waals surface area contributed by atoms with Crippen LogP contribution in [0.2, 0.25) is 5.02 Å². The number of carbonyl (C=O) groups excluding carboxylic acids is 2. The van der Waals surface area contributed by atoms with Crippen molar-refractivity contribution in [1.29, 1.82) is 0 Å². The molecule has 0 bridgehead atoms. The minimum atomic E-state index is -0.319. The first kappa shape index (κ1) is 17.7. The van der Waals surface area contributed by atoms with Crippen molar-refractivity contribution < 1.29 is 9.59 Å². The van der Waals surface area contributed by atoms with Crippen molar-refractivity contribution in [3.05, 3.63) is 64.7 Å². The molecule has 2 N–H and O–H groups in total. The Morgan fingerprint density at radius 3 is 2.50 bits per heavy atom.